The van der Waals surface area contributed by atoms with Crippen molar-refractivity contribution in [3.05, 3.63) is 0 Å². The molecule has 2 aliphatic heterocycles. The quantitative estimate of drug-likeness (QED) is 0.595. The minimum Gasteiger partial charge on any atom is -0.379 e. The molecule has 70 valence electrons. The predicted octanol–water partition coefficient (Wildman–Crippen LogP) is 1.26. The van der Waals surface area contributed by atoms with E-state index in [1.807, 2.05) is 0 Å². The number of rotatable bonds is 0. The monoisotopic (exact) mass is 173 g/mol. The summed E-state index contributed by atoms with van der Waals surface area (Å²) >= 11 is 0. The van der Waals surface area contributed by atoms with Crippen LogP contribution in [0.4, 0.5) is 4.39 Å². The molecule has 0 bridgehead atoms. The fourth-order valence-electron chi connectivity index (χ4n) is 2.21. The highest BCUT2D eigenvalue weighted by Gasteiger charge is 2.42. The van der Waals surface area contributed by atoms with Gasteiger partial charge in [-0.1, -0.05) is 0 Å². The highest BCUT2D eigenvalue weighted by atomic mass is 19.1. The van der Waals surface area contributed by atoms with Gasteiger partial charge in [-0.25, -0.2) is 4.39 Å². The third kappa shape index (κ3) is 1.36. The zero-order chi connectivity index (χ0) is 8.44. The Labute approximate surface area is 72.5 Å². The topological polar surface area (TPSA) is 21.3 Å². The second kappa shape index (κ2) is 3.30. The molecule has 0 aromatic rings. The molecule has 3 heteroatoms. The molecule has 0 aliphatic carbocycles. The van der Waals surface area contributed by atoms with Crippen LogP contribution in [-0.2, 0) is 4.74 Å². The average molecular weight is 173 g/mol. The summed E-state index contributed by atoms with van der Waals surface area (Å²) in [5.74, 6) is 0. The van der Waals surface area contributed by atoms with E-state index in [2.05, 4.69) is 5.32 Å². The van der Waals surface area contributed by atoms with E-state index in [0.29, 0.717) is 13.0 Å². The molecule has 0 saturated carbocycles. The summed E-state index contributed by atoms with van der Waals surface area (Å²) in [7, 11) is 0. The molecular formula is C9H16FNO. The van der Waals surface area contributed by atoms with Gasteiger partial charge in [0.2, 0.25) is 0 Å². The molecule has 0 aromatic heterocycles. The number of alkyl halides is 1. The van der Waals surface area contributed by atoms with Crippen molar-refractivity contribution < 1.29 is 9.13 Å². The first-order chi connectivity index (χ1) is 5.83. The number of hydrogen-bond acceptors (Lipinski definition) is 2. The summed E-state index contributed by atoms with van der Waals surface area (Å²) < 4.78 is 18.9. The summed E-state index contributed by atoms with van der Waals surface area (Å²) in [5, 5.41) is 3.28. The van der Waals surface area contributed by atoms with E-state index in [1.165, 1.54) is 0 Å². The van der Waals surface area contributed by atoms with E-state index in [0.717, 1.165) is 32.4 Å². The maximum Gasteiger partial charge on any atom is 0.120 e. The Kier molecular flexibility index (Phi) is 2.33. The molecule has 2 aliphatic rings. The highest BCUT2D eigenvalue weighted by Crippen LogP contribution is 2.30. The summed E-state index contributed by atoms with van der Waals surface area (Å²) in [6, 6.07) is 0. The first kappa shape index (κ1) is 8.45. The lowest BCUT2D eigenvalue weighted by molar-refractivity contribution is -0.0325. The summed E-state index contributed by atoms with van der Waals surface area (Å²) in [4.78, 5) is 0. The maximum atomic E-state index is 13.6. The van der Waals surface area contributed by atoms with Crippen LogP contribution in [0, 0.1) is 0 Å². The molecule has 2 fully saturated rings. The van der Waals surface area contributed by atoms with Gasteiger partial charge < -0.3 is 10.1 Å². The van der Waals surface area contributed by atoms with Crippen LogP contribution in [0.2, 0.25) is 0 Å². The summed E-state index contributed by atoms with van der Waals surface area (Å²) in [6.07, 6.45) is 2.90. The van der Waals surface area contributed by atoms with E-state index in [-0.39, 0.29) is 5.54 Å². The van der Waals surface area contributed by atoms with Crippen LogP contribution in [-0.4, -0.2) is 31.5 Å². The van der Waals surface area contributed by atoms with Crippen molar-refractivity contribution in [3.63, 3.8) is 0 Å². The second-order valence-electron chi connectivity index (χ2n) is 3.85. The number of halogens is 1. The van der Waals surface area contributed by atoms with E-state index < -0.39 is 6.17 Å². The van der Waals surface area contributed by atoms with Crippen molar-refractivity contribution in [2.24, 2.45) is 0 Å². The van der Waals surface area contributed by atoms with E-state index in [4.69, 9.17) is 4.74 Å². The van der Waals surface area contributed by atoms with Crippen molar-refractivity contribution in [2.75, 3.05) is 19.8 Å². The molecule has 1 N–H and O–H groups in total. The molecular weight excluding hydrogens is 157 g/mol. The molecule has 0 radical (unpaired) electrons. The van der Waals surface area contributed by atoms with E-state index >= 15 is 0 Å². The van der Waals surface area contributed by atoms with Gasteiger partial charge in [-0.3, -0.25) is 0 Å². The Hall–Kier alpha value is -0.150. The lowest BCUT2D eigenvalue weighted by Crippen LogP contribution is -2.60. The van der Waals surface area contributed by atoms with Crippen molar-refractivity contribution >= 4 is 0 Å². The standard InChI is InChI=1S/C9H16FNO/c10-8-3-1-5-11-9(8)4-2-6-12-7-9/h8,11H,1-7H2. The normalized spacial score (nSPS) is 43.2. The van der Waals surface area contributed by atoms with Crippen LogP contribution in [0.5, 0.6) is 0 Å². The second-order valence-corrected chi connectivity index (χ2v) is 3.85. The lowest BCUT2D eigenvalue weighted by atomic mass is 9.82. The van der Waals surface area contributed by atoms with Crippen LogP contribution in [0.15, 0.2) is 0 Å². The molecule has 12 heavy (non-hydrogen) atoms. The number of ether oxygens (including phenoxy) is 1. The molecule has 2 saturated heterocycles. The van der Waals surface area contributed by atoms with Crippen LogP contribution in [0.3, 0.4) is 0 Å². The highest BCUT2D eigenvalue weighted by molar-refractivity contribution is 4.99. The van der Waals surface area contributed by atoms with Crippen LogP contribution in [0.1, 0.15) is 25.7 Å². The van der Waals surface area contributed by atoms with Gasteiger partial charge in [0.15, 0.2) is 0 Å². The third-order valence-electron chi connectivity index (χ3n) is 2.98. The van der Waals surface area contributed by atoms with E-state index in [1.54, 1.807) is 0 Å². The third-order valence-corrected chi connectivity index (χ3v) is 2.98. The molecule has 0 amide bonds. The molecule has 2 rings (SSSR count). The van der Waals surface area contributed by atoms with Crippen molar-refractivity contribution in [2.45, 2.75) is 37.4 Å². The lowest BCUT2D eigenvalue weighted by Gasteiger charge is -2.43. The molecule has 2 unspecified atom stereocenters. The molecule has 2 nitrogen and oxygen atoms in total. The van der Waals surface area contributed by atoms with Crippen LogP contribution >= 0.6 is 0 Å². The number of nitrogens with one attached hydrogen (secondary N) is 1. The van der Waals surface area contributed by atoms with Gasteiger partial charge in [0.25, 0.3) is 0 Å². The Bertz CT molecular complexity index is 148. The fourth-order valence-corrected chi connectivity index (χ4v) is 2.21. The zero-order valence-electron chi connectivity index (χ0n) is 7.31. The number of piperidine rings is 1. The zero-order valence-corrected chi connectivity index (χ0v) is 7.31. The van der Waals surface area contributed by atoms with Gasteiger partial charge >= 0.3 is 0 Å². The minimum absolute atomic E-state index is 0.323. The molecule has 2 heterocycles. The summed E-state index contributed by atoms with van der Waals surface area (Å²) in [6.45, 7) is 2.31. The Morgan fingerprint density at radius 1 is 1.42 bits per heavy atom. The Morgan fingerprint density at radius 2 is 2.33 bits per heavy atom. The maximum absolute atomic E-state index is 13.6. The molecule has 2 atom stereocenters. The van der Waals surface area contributed by atoms with Crippen LogP contribution in [0.25, 0.3) is 0 Å². The molecule has 1 spiro atoms. The summed E-state index contributed by atoms with van der Waals surface area (Å²) in [5.41, 5.74) is -0.323. The van der Waals surface area contributed by atoms with Gasteiger partial charge in [0, 0.05) is 6.61 Å². The van der Waals surface area contributed by atoms with Gasteiger partial charge in [-0.2, -0.15) is 0 Å². The smallest absolute Gasteiger partial charge is 0.120 e. The van der Waals surface area contributed by atoms with Gasteiger partial charge in [0.05, 0.1) is 12.1 Å². The predicted molar refractivity (Wildman–Crippen MR) is 44.9 cm³/mol. The van der Waals surface area contributed by atoms with Crippen LogP contribution < -0.4 is 5.32 Å². The number of hydrogen-bond donors (Lipinski definition) is 1. The first-order valence-electron chi connectivity index (χ1n) is 4.80. The van der Waals surface area contributed by atoms with Gasteiger partial charge in [0.1, 0.15) is 6.17 Å². The van der Waals surface area contributed by atoms with Gasteiger partial charge in [-0.05, 0) is 32.2 Å². The Morgan fingerprint density at radius 3 is 3.00 bits per heavy atom. The van der Waals surface area contributed by atoms with Crippen molar-refractivity contribution in [3.8, 4) is 0 Å². The SMILES string of the molecule is FC1CCCNC12CCCOC2. The fraction of sp³-hybridized carbons (Fsp3) is 1.00. The van der Waals surface area contributed by atoms with Crippen molar-refractivity contribution in [1.29, 1.82) is 0 Å². The average Bonchev–Trinajstić information content (AvgIpc) is 2.12. The van der Waals surface area contributed by atoms with E-state index in [9.17, 15) is 4.39 Å². The van der Waals surface area contributed by atoms with Gasteiger partial charge in [-0.15, -0.1) is 0 Å². The largest absolute Gasteiger partial charge is 0.379 e. The minimum atomic E-state index is -0.702. The molecule has 0 aromatic carbocycles. The first-order valence-corrected chi connectivity index (χ1v) is 4.80. The Balaban J connectivity index is 2.04. The van der Waals surface area contributed by atoms with Crippen molar-refractivity contribution in [1.82, 2.24) is 5.32 Å².